The van der Waals surface area contributed by atoms with Crippen LogP contribution >= 0.6 is 22.9 Å². The molecule has 80 valence electrons. The number of thiophene rings is 1. The van der Waals surface area contributed by atoms with Crippen LogP contribution in [0.2, 0.25) is 5.02 Å². The molecule has 14 heavy (non-hydrogen) atoms. The first-order valence-corrected chi connectivity index (χ1v) is 6.29. The summed E-state index contributed by atoms with van der Waals surface area (Å²) in [5.41, 5.74) is 0. The molecule has 1 atom stereocenters. The minimum absolute atomic E-state index is 0.727. The molecule has 0 aliphatic rings. The maximum absolute atomic E-state index is 5.83. The number of nitrogens with one attached hydrogen (secondary N) is 1. The highest BCUT2D eigenvalue weighted by molar-refractivity contribution is 7.10. The number of rotatable bonds is 5. The first-order valence-electron chi connectivity index (χ1n) is 5.03. The molecule has 0 aliphatic heterocycles. The summed E-state index contributed by atoms with van der Waals surface area (Å²) in [6, 6.07) is 2.03. The van der Waals surface area contributed by atoms with Gasteiger partial charge < -0.3 is 5.32 Å². The van der Waals surface area contributed by atoms with Crippen LogP contribution in [0.4, 0.5) is 0 Å². The Kier molecular flexibility index (Phi) is 4.93. The lowest BCUT2D eigenvalue weighted by Gasteiger charge is -2.15. The van der Waals surface area contributed by atoms with Gasteiger partial charge in [0.15, 0.2) is 0 Å². The molecule has 1 N–H and O–H groups in total. The van der Waals surface area contributed by atoms with Crippen LogP contribution in [0, 0.1) is 11.8 Å². The fourth-order valence-electron chi connectivity index (χ4n) is 1.11. The summed E-state index contributed by atoms with van der Waals surface area (Å²) in [6.45, 7) is 8.81. The Morgan fingerprint density at radius 1 is 1.43 bits per heavy atom. The van der Waals surface area contributed by atoms with E-state index in [0.717, 1.165) is 29.9 Å². The van der Waals surface area contributed by atoms with Crippen molar-refractivity contribution in [3.8, 4) is 0 Å². The van der Waals surface area contributed by atoms with Gasteiger partial charge in [-0.15, -0.1) is 11.3 Å². The van der Waals surface area contributed by atoms with Crippen molar-refractivity contribution in [3.05, 3.63) is 21.3 Å². The molecule has 1 heterocycles. The van der Waals surface area contributed by atoms with Crippen LogP contribution in [0.25, 0.3) is 0 Å². The van der Waals surface area contributed by atoms with E-state index >= 15 is 0 Å². The molecule has 1 unspecified atom stereocenters. The second-order valence-corrected chi connectivity index (χ2v) is 5.52. The monoisotopic (exact) mass is 231 g/mol. The summed E-state index contributed by atoms with van der Waals surface area (Å²) in [6.07, 6.45) is 0. The number of halogens is 1. The second kappa shape index (κ2) is 5.74. The smallest absolute Gasteiger partial charge is 0.0516 e. The van der Waals surface area contributed by atoms with Gasteiger partial charge in [0.25, 0.3) is 0 Å². The average molecular weight is 232 g/mol. The Balaban J connectivity index is 2.22. The molecule has 0 fully saturated rings. The highest BCUT2D eigenvalue weighted by Gasteiger charge is 2.06. The number of hydrogen-bond donors (Lipinski definition) is 1. The summed E-state index contributed by atoms with van der Waals surface area (Å²) >= 11 is 7.55. The first-order chi connectivity index (χ1) is 6.59. The van der Waals surface area contributed by atoms with Crippen LogP contribution in [0.1, 0.15) is 25.6 Å². The Labute approximate surface area is 95.5 Å². The predicted octanol–water partition coefficient (Wildman–Crippen LogP) is 3.78. The molecule has 1 rings (SSSR count). The summed E-state index contributed by atoms with van der Waals surface area (Å²) in [5.74, 6) is 1.47. The van der Waals surface area contributed by atoms with Crippen LogP contribution in [0.15, 0.2) is 11.4 Å². The topological polar surface area (TPSA) is 12.0 Å². The third kappa shape index (κ3) is 3.99. The maximum atomic E-state index is 5.83. The van der Waals surface area contributed by atoms with Crippen molar-refractivity contribution in [2.75, 3.05) is 6.54 Å². The van der Waals surface area contributed by atoms with Gasteiger partial charge in [-0.1, -0.05) is 32.4 Å². The lowest BCUT2D eigenvalue weighted by Crippen LogP contribution is -2.23. The zero-order valence-corrected chi connectivity index (χ0v) is 10.6. The van der Waals surface area contributed by atoms with Crippen molar-refractivity contribution in [1.29, 1.82) is 0 Å². The SMILES string of the molecule is CC(C)C(C)CNCc1cc(Cl)cs1. The molecule has 1 aromatic rings. The van der Waals surface area contributed by atoms with Crippen molar-refractivity contribution in [2.45, 2.75) is 27.3 Å². The quantitative estimate of drug-likeness (QED) is 0.813. The van der Waals surface area contributed by atoms with Crippen molar-refractivity contribution in [3.63, 3.8) is 0 Å². The lowest BCUT2D eigenvalue weighted by atomic mass is 9.98. The molecule has 0 spiro atoms. The Hall–Kier alpha value is -0.0500. The molecule has 1 aromatic heterocycles. The molecule has 0 saturated heterocycles. The van der Waals surface area contributed by atoms with Crippen molar-refractivity contribution >= 4 is 22.9 Å². The standard InChI is InChI=1S/C11H18ClNS/c1-8(2)9(3)5-13-6-11-4-10(12)7-14-11/h4,7-9,13H,5-6H2,1-3H3. The summed E-state index contributed by atoms with van der Waals surface area (Å²) < 4.78 is 0. The highest BCUT2D eigenvalue weighted by atomic mass is 35.5. The van der Waals surface area contributed by atoms with E-state index in [9.17, 15) is 0 Å². The maximum Gasteiger partial charge on any atom is 0.0516 e. The summed E-state index contributed by atoms with van der Waals surface area (Å²) in [4.78, 5) is 1.31. The average Bonchev–Trinajstić information content (AvgIpc) is 2.51. The summed E-state index contributed by atoms with van der Waals surface area (Å²) in [5, 5.41) is 6.28. The van der Waals surface area contributed by atoms with Gasteiger partial charge in [0.1, 0.15) is 0 Å². The number of hydrogen-bond acceptors (Lipinski definition) is 2. The van der Waals surface area contributed by atoms with E-state index in [2.05, 4.69) is 26.1 Å². The molecule has 0 radical (unpaired) electrons. The molecular weight excluding hydrogens is 214 g/mol. The lowest BCUT2D eigenvalue weighted by molar-refractivity contribution is 0.393. The zero-order valence-electron chi connectivity index (χ0n) is 9.01. The zero-order chi connectivity index (χ0) is 10.6. The Morgan fingerprint density at radius 2 is 2.14 bits per heavy atom. The van der Waals surface area contributed by atoms with Crippen LogP contribution in [0.3, 0.4) is 0 Å². The van der Waals surface area contributed by atoms with Gasteiger partial charge in [-0.2, -0.15) is 0 Å². The minimum Gasteiger partial charge on any atom is -0.312 e. The van der Waals surface area contributed by atoms with E-state index in [1.807, 2.05) is 11.4 Å². The Morgan fingerprint density at radius 3 is 2.64 bits per heavy atom. The van der Waals surface area contributed by atoms with Gasteiger partial charge >= 0.3 is 0 Å². The van der Waals surface area contributed by atoms with Gasteiger partial charge in [0.05, 0.1) is 5.02 Å². The molecular formula is C11H18ClNS. The van der Waals surface area contributed by atoms with Gasteiger partial charge in [-0.3, -0.25) is 0 Å². The molecule has 0 aliphatic carbocycles. The Bertz CT molecular complexity index is 270. The second-order valence-electron chi connectivity index (χ2n) is 4.08. The van der Waals surface area contributed by atoms with Gasteiger partial charge in [0.2, 0.25) is 0 Å². The third-order valence-corrected chi connectivity index (χ3v) is 3.81. The predicted molar refractivity (Wildman–Crippen MR) is 65.0 cm³/mol. The van der Waals surface area contributed by atoms with Gasteiger partial charge in [0, 0.05) is 16.8 Å². The fraction of sp³-hybridized carbons (Fsp3) is 0.636. The third-order valence-electron chi connectivity index (χ3n) is 2.53. The van der Waals surface area contributed by atoms with Crippen LogP contribution in [0.5, 0.6) is 0 Å². The van der Waals surface area contributed by atoms with Crippen LogP contribution < -0.4 is 5.32 Å². The van der Waals surface area contributed by atoms with Gasteiger partial charge in [-0.25, -0.2) is 0 Å². The van der Waals surface area contributed by atoms with Crippen molar-refractivity contribution in [2.24, 2.45) is 11.8 Å². The van der Waals surface area contributed by atoms with E-state index < -0.39 is 0 Å². The molecule has 0 amide bonds. The van der Waals surface area contributed by atoms with Crippen LogP contribution in [-0.2, 0) is 6.54 Å². The molecule has 0 bridgehead atoms. The molecule has 0 aromatic carbocycles. The fourth-order valence-corrected chi connectivity index (χ4v) is 2.15. The van der Waals surface area contributed by atoms with Gasteiger partial charge in [-0.05, 0) is 24.4 Å². The van der Waals surface area contributed by atoms with E-state index in [-0.39, 0.29) is 0 Å². The highest BCUT2D eigenvalue weighted by Crippen LogP contribution is 2.18. The van der Waals surface area contributed by atoms with E-state index in [0.29, 0.717) is 0 Å². The largest absolute Gasteiger partial charge is 0.312 e. The van der Waals surface area contributed by atoms with Crippen LogP contribution in [-0.4, -0.2) is 6.54 Å². The van der Waals surface area contributed by atoms with Crippen molar-refractivity contribution < 1.29 is 0 Å². The molecule has 0 saturated carbocycles. The van der Waals surface area contributed by atoms with Crippen molar-refractivity contribution in [1.82, 2.24) is 5.32 Å². The summed E-state index contributed by atoms with van der Waals surface area (Å²) in [7, 11) is 0. The minimum atomic E-state index is 0.727. The normalized spacial score (nSPS) is 13.5. The first kappa shape index (κ1) is 12.0. The molecule has 3 heteroatoms. The van der Waals surface area contributed by atoms with E-state index in [4.69, 9.17) is 11.6 Å². The van der Waals surface area contributed by atoms with E-state index in [1.165, 1.54) is 4.88 Å². The molecule has 1 nitrogen and oxygen atoms in total. The van der Waals surface area contributed by atoms with E-state index in [1.54, 1.807) is 11.3 Å².